The third kappa shape index (κ3) is 2.93. The van der Waals surface area contributed by atoms with E-state index in [0.717, 1.165) is 0 Å². The third-order valence-electron chi connectivity index (χ3n) is 2.82. The number of nitrogens with one attached hydrogen (secondary N) is 1. The highest BCUT2D eigenvalue weighted by molar-refractivity contribution is 6.31. The fourth-order valence-corrected chi connectivity index (χ4v) is 1.98. The molecule has 1 aromatic heterocycles. The van der Waals surface area contributed by atoms with E-state index in [9.17, 15) is 14.0 Å². The molecule has 1 heterocycles. The van der Waals surface area contributed by atoms with Crippen molar-refractivity contribution >= 4 is 11.6 Å². The van der Waals surface area contributed by atoms with Crippen LogP contribution in [0.25, 0.3) is 0 Å². The zero-order chi connectivity index (χ0) is 14.0. The summed E-state index contributed by atoms with van der Waals surface area (Å²) in [4.78, 5) is 25.4. The lowest BCUT2D eigenvalue weighted by molar-refractivity contribution is 0.625. The molecule has 0 aliphatic heterocycles. The molecule has 4 nitrogen and oxygen atoms in total. The number of H-pyrrole nitrogens is 1. The van der Waals surface area contributed by atoms with Crippen LogP contribution in [0.3, 0.4) is 0 Å². The van der Waals surface area contributed by atoms with Crippen molar-refractivity contribution in [2.45, 2.75) is 19.9 Å². The molecule has 100 valence electrons. The second kappa shape index (κ2) is 5.40. The Bertz CT molecular complexity index is 721. The summed E-state index contributed by atoms with van der Waals surface area (Å²) >= 11 is 5.91. The highest BCUT2D eigenvalue weighted by Crippen LogP contribution is 2.17. The number of aromatic nitrogens is 2. The van der Waals surface area contributed by atoms with E-state index in [2.05, 4.69) is 4.98 Å². The van der Waals surface area contributed by atoms with Crippen LogP contribution < -0.4 is 11.2 Å². The Morgan fingerprint density at radius 2 is 2.05 bits per heavy atom. The molecule has 0 fully saturated rings. The first-order valence-electron chi connectivity index (χ1n) is 5.78. The molecule has 0 radical (unpaired) electrons. The fraction of sp³-hybridized carbons (Fsp3) is 0.231. The molecule has 0 unspecified atom stereocenters. The maximum Gasteiger partial charge on any atom is 0.328 e. The first-order chi connectivity index (χ1) is 9.01. The molecule has 0 spiro atoms. The summed E-state index contributed by atoms with van der Waals surface area (Å²) in [7, 11) is 0. The Morgan fingerprint density at radius 1 is 1.32 bits per heavy atom. The Labute approximate surface area is 113 Å². The van der Waals surface area contributed by atoms with Crippen LogP contribution in [-0.4, -0.2) is 9.55 Å². The van der Waals surface area contributed by atoms with Crippen LogP contribution in [-0.2, 0) is 13.0 Å². The van der Waals surface area contributed by atoms with Gasteiger partial charge < -0.3 is 0 Å². The summed E-state index contributed by atoms with van der Waals surface area (Å²) in [6.45, 7) is 2.01. The molecule has 0 bridgehead atoms. The topological polar surface area (TPSA) is 54.9 Å². The largest absolute Gasteiger partial charge is 0.328 e. The summed E-state index contributed by atoms with van der Waals surface area (Å²) < 4.78 is 14.3. The van der Waals surface area contributed by atoms with Gasteiger partial charge in [0.25, 0.3) is 5.56 Å². The third-order valence-corrected chi connectivity index (χ3v) is 3.17. The van der Waals surface area contributed by atoms with Gasteiger partial charge in [0.2, 0.25) is 0 Å². The van der Waals surface area contributed by atoms with Crippen molar-refractivity contribution in [3.8, 4) is 0 Å². The van der Waals surface area contributed by atoms with Gasteiger partial charge in [-0.3, -0.25) is 14.3 Å². The van der Waals surface area contributed by atoms with Gasteiger partial charge in [-0.05, 0) is 24.1 Å². The highest BCUT2D eigenvalue weighted by Gasteiger charge is 2.07. The second-order valence-corrected chi connectivity index (χ2v) is 4.54. The van der Waals surface area contributed by atoms with E-state index < -0.39 is 11.5 Å². The predicted octanol–water partition coefficient (Wildman–Crippen LogP) is 1.94. The van der Waals surface area contributed by atoms with Crippen LogP contribution in [0.2, 0.25) is 5.02 Å². The minimum Gasteiger partial charge on any atom is -0.296 e. The van der Waals surface area contributed by atoms with E-state index >= 15 is 0 Å². The van der Waals surface area contributed by atoms with Gasteiger partial charge in [0, 0.05) is 16.8 Å². The number of hydrogen-bond donors (Lipinski definition) is 1. The molecule has 0 saturated carbocycles. The molecule has 0 atom stereocenters. The SMILES string of the molecule is CCc1cn(Cc2ccc(F)cc2Cl)c(=O)[nH]c1=O. The molecule has 1 N–H and O–H groups in total. The van der Waals surface area contributed by atoms with Crippen LogP contribution in [0.5, 0.6) is 0 Å². The van der Waals surface area contributed by atoms with Crippen molar-refractivity contribution in [3.63, 3.8) is 0 Å². The summed E-state index contributed by atoms with van der Waals surface area (Å²) in [6, 6.07) is 3.98. The lowest BCUT2D eigenvalue weighted by atomic mass is 10.2. The monoisotopic (exact) mass is 282 g/mol. The smallest absolute Gasteiger partial charge is 0.296 e. The molecule has 0 saturated heterocycles. The lowest BCUT2D eigenvalue weighted by Crippen LogP contribution is -2.31. The first kappa shape index (κ1) is 13.5. The minimum absolute atomic E-state index is 0.182. The van der Waals surface area contributed by atoms with Gasteiger partial charge in [0.15, 0.2) is 0 Å². The predicted molar refractivity (Wildman–Crippen MR) is 71.2 cm³/mol. The van der Waals surface area contributed by atoms with E-state index in [4.69, 9.17) is 11.6 Å². The van der Waals surface area contributed by atoms with Crippen LogP contribution in [0, 0.1) is 5.82 Å². The van der Waals surface area contributed by atoms with Crippen LogP contribution in [0.4, 0.5) is 4.39 Å². The van der Waals surface area contributed by atoms with Crippen LogP contribution in [0.15, 0.2) is 34.0 Å². The Kier molecular flexibility index (Phi) is 3.85. The first-order valence-corrected chi connectivity index (χ1v) is 6.15. The van der Waals surface area contributed by atoms with Crippen LogP contribution in [0.1, 0.15) is 18.1 Å². The van der Waals surface area contributed by atoms with Crippen molar-refractivity contribution < 1.29 is 4.39 Å². The van der Waals surface area contributed by atoms with E-state index in [-0.39, 0.29) is 17.1 Å². The average molecular weight is 283 g/mol. The van der Waals surface area contributed by atoms with Crippen molar-refractivity contribution in [2.75, 3.05) is 0 Å². The summed E-state index contributed by atoms with van der Waals surface area (Å²) in [5, 5.41) is 0.246. The number of hydrogen-bond acceptors (Lipinski definition) is 2. The second-order valence-electron chi connectivity index (χ2n) is 4.13. The minimum atomic E-state index is -0.511. The highest BCUT2D eigenvalue weighted by atomic mass is 35.5. The van der Waals surface area contributed by atoms with Crippen molar-refractivity contribution in [2.24, 2.45) is 0 Å². The Hall–Kier alpha value is -1.88. The molecule has 2 rings (SSSR count). The molecular weight excluding hydrogens is 271 g/mol. The Morgan fingerprint density at radius 3 is 2.68 bits per heavy atom. The fourth-order valence-electron chi connectivity index (χ4n) is 1.76. The average Bonchev–Trinajstić information content (AvgIpc) is 2.35. The number of aryl methyl sites for hydroxylation is 1. The van der Waals surface area contributed by atoms with E-state index in [1.165, 1.54) is 29.0 Å². The van der Waals surface area contributed by atoms with Crippen LogP contribution >= 0.6 is 11.6 Å². The lowest BCUT2D eigenvalue weighted by Gasteiger charge is -2.08. The van der Waals surface area contributed by atoms with E-state index in [1.54, 1.807) is 0 Å². The quantitative estimate of drug-likeness (QED) is 0.935. The molecule has 0 aliphatic carbocycles. The molecule has 2 aromatic rings. The normalized spacial score (nSPS) is 10.7. The van der Waals surface area contributed by atoms with Gasteiger partial charge in [0.05, 0.1) is 6.54 Å². The van der Waals surface area contributed by atoms with Gasteiger partial charge in [-0.1, -0.05) is 24.6 Å². The molecule has 19 heavy (non-hydrogen) atoms. The maximum atomic E-state index is 12.9. The van der Waals surface area contributed by atoms with Crippen molar-refractivity contribution in [3.05, 3.63) is 67.2 Å². The zero-order valence-electron chi connectivity index (χ0n) is 10.2. The Balaban J connectivity index is 2.43. The van der Waals surface area contributed by atoms with E-state index in [0.29, 0.717) is 17.5 Å². The van der Waals surface area contributed by atoms with Gasteiger partial charge in [-0.15, -0.1) is 0 Å². The molecule has 0 amide bonds. The maximum absolute atomic E-state index is 12.9. The zero-order valence-corrected chi connectivity index (χ0v) is 11.0. The molecular formula is C13H12ClFN2O2. The number of benzene rings is 1. The van der Waals surface area contributed by atoms with Gasteiger partial charge in [-0.25, -0.2) is 9.18 Å². The van der Waals surface area contributed by atoms with Gasteiger partial charge in [-0.2, -0.15) is 0 Å². The number of nitrogens with zero attached hydrogens (tertiary/aromatic N) is 1. The van der Waals surface area contributed by atoms with Gasteiger partial charge >= 0.3 is 5.69 Å². The summed E-state index contributed by atoms with van der Waals surface area (Å²) in [6.07, 6.45) is 2.02. The van der Waals surface area contributed by atoms with Crippen molar-refractivity contribution in [1.82, 2.24) is 9.55 Å². The molecule has 1 aromatic carbocycles. The number of aromatic amines is 1. The molecule has 0 aliphatic rings. The summed E-state index contributed by atoms with van der Waals surface area (Å²) in [5.41, 5.74) is 0.230. The standard InChI is InChI=1S/C13H12ClFN2O2/c1-2-8-6-17(13(19)16-12(8)18)7-9-3-4-10(15)5-11(9)14/h3-6H,2,7H2,1H3,(H,16,18,19). The van der Waals surface area contributed by atoms with E-state index in [1.807, 2.05) is 6.92 Å². The van der Waals surface area contributed by atoms with Crippen molar-refractivity contribution in [1.29, 1.82) is 0 Å². The molecule has 6 heteroatoms. The summed E-state index contributed by atoms with van der Waals surface area (Å²) in [5.74, 6) is -0.434. The van der Waals surface area contributed by atoms with Gasteiger partial charge in [0.1, 0.15) is 5.82 Å². The number of rotatable bonds is 3. The number of halogens is 2.